The van der Waals surface area contributed by atoms with E-state index in [-0.39, 0.29) is 22.2 Å². The molecule has 2 fully saturated rings. The Morgan fingerprint density at radius 3 is 1.29 bits per heavy atom. The third-order valence-corrected chi connectivity index (χ3v) is 8.01. The Kier molecular flexibility index (Phi) is 7.03. The molecule has 0 aromatic heterocycles. The maximum Gasteiger partial charge on any atom is 0.0304 e. The number of hydrogen-bond acceptors (Lipinski definition) is 4. The van der Waals surface area contributed by atoms with Crippen LogP contribution in [0.4, 0.5) is 0 Å². The van der Waals surface area contributed by atoms with Crippen LogP contribution in [0.15, 0.2) is 0 Å². The summed E-state index contributed by atoms with van der Waals surface area (Å²) in [7, 11) is 0. The highest BCUT2D eigenvalue weighted by molar-refractivity contribution is 5.03. The fraction of sp³-hybridized carbons (Fsp3) is 1.00. The van der Waals surface area contributed by atoms with E-state index >= 15 is 0 Å². The highest BCUT2D eigenvalue weighted by Crippen LogP contribution is 2.50. The van der Waals surface area contributed by atoms with Crippen molar-refractivity contribution in [2.75, 3.05) is 0 Å². The molecule has 0 bridgehead atoms. The van der Waals surface area contributed by atoms with Gasteiger partial charge >= 0.3 is 0 Å². The molecule has 0 aliphatic carbocycles. The van der Waals surface area contributed by atoms with Crippen molar-refractivity contribution in [1.29, 1.82) is 0 Å². The first kappa shape index (κ1) is 24.1. The minimum Gasteiger partial charge on any atom is -0.268 e. The zero-order chi connectivity index (χ0) is 21.5. The zero-order valence-electron chi connectivity index (χ0n) is 20.4. The first-order valence-corrected chi connectivity index (χ1v) is 11.7. The molecular weight excluding hydrogens is 344 g/mol. The lowest BCUT2D eigenvalue weighted by Crippen LogP contribution is -2.66. The van der Waals surface area contributed by atoms with Gasteiger partial charge in [0.05, 0.1) is 0 Å². The van der Waals surface area contributed by atoms with E-state index in [0.717, 1.165) is 17.8 Å². The minimum absolute atomic E-state index is 0.0506. The number of piperidine rings is 2. The molecule has 2 heterocycles. The summed E-state index contributed by atoms with van der Waals surface area (Å²) in [5, 5.41) is 4.27. The standard InChI is InChI=1S/C24H50N4/c1-10-11-12-13-20(18-14-21(2,3)27(25)22(4,5)15-18)19-16-23(6,7)28(26)24(8,9)17-19/h18-20H,10-17,25-26H2,1-9H3. The molecule has 28 heavy (non-hydrogen) atoms. The van der Waals surface area contributed by atoms with Gasteiger partial charge < -0.3 is 0 Å². The Balaban J connectivity index is 2.32. The van der Waals surface area contributed by atoms with Crippen molar-refractivity contribution in [2.24, 2.45) is 29.4 Å². The maximum atomic E-state index is 6.57. The molecular formula is C24H50N4. The Labute approximate surface area is 175 Å². The van der Waals surface area contributed by atoms with Gasteiger partial charge in [0, 0.05) is 22.2 Å². The van der Waals surface area contributed by atoms with Gasteiger partial charge in [0.15, 0.2) is 0 Å². The highest BCUT2D eigenvalue weighted by atomic mass is 15.5. The van der Waals surface area contributed by atoms with Crippen molar-refractivity contribution in [2.45, 2.75) is 136 Å². The number of rotatable bonds is 6. The molecule has 4 N–H and O–H groups in total. The van der Waals surface area contributed by atoms with Crippen LogP contribution in [0.3, 0.4) is 0 Å². The lowest BCUT2D eigenvalue weighted by atomic mass is 9.61. The van der Waals surface area contributed by atoms with E-state index in [0.29, 0.717) is 0 Å². The molecule has 4 heteroatoms. The van der Waals surface area contributed by atoms with Crippen LogP contribution in [0.5, 0.6) is 0 Å². The molecule has 166 valence electrons. The molecule has 0 aromatic carbocycles. The maximum absolute atomic E-state index is 6.57. The summed E-state index contributed by atoms with van der Waals surface area (Å²) in [5.74, 6) is 15.4. The van der Waals surface area contributed by atoms with Crippen molar-refractivity contribution < 1.29 is 0 Å². The van der Waals surface area contributed by atoms with Gasteiger partial charge in [-0.05, 0) is 105 Å². The first-order valence-electron chi connectivity index (χ1n) is 11.7. The third kappa shape index (κ3) is 4.94. The van der Waals surface area contributed by atoms with Crippen molar-refractivity contribution >= 4 is 0 Å². The lowest BCUT2D eigenvalue weighted by Gasteiger charge is -2.58. The van der Waals surface area contributed by atoms with Crippen molar-refractivity contribution in [3.05, 3.63) is 0 Å². The minimum atomic E-state index is 0.0506. The number of unbranched alkanes of at least 4 members (excludes halogenated alkanes) is 2. The molecule has 0 aromatic rings. The van der Waals surface area contributed by atoms with Crippen LogP contribution in [-0.2, 0) is 0 Å². The lowest BCUT2D eigenvalue weighted by molar-refractivity contribution is -0.101. The van der Waals surface area contributed by atoms with Gasteiger partial charge in [-0.2, -0.15) is 0 Å². The second kappa shape index (κ2) is 8.17. The summed E-state index contributed by atoms with van der Waals surface area (Å²) in [6.45, 7) is 21.0. The molecule has 2 rings (SSSR count). The van der Waals surface area contributed by atoms with Gasteiger partial charge in [-0.1, -0.05) is 26.2 Å². The second-order valence-corrected chi connectivity index (χ2v) is 12.5. The molecule has 0 amide bonds. The third-order valence-electron chi connectivity index (χ3n) is 8.01. The van der Waals surface area contributed by atoms with E-state index in [4.69, 9.17) is 11.7 Å². The average Bonchev–Trinajstić information content (AvgIpc) is 2.53. The molecule has 0 spiro atoms. The molecule has 4 nitrogen and oxygen atoms in total. The van der Waals surface area contributed by atoms with Gasteiger partial charge in [-0.15, -0.1) is 0 Å². The summed E-state index contributed by atoms with van der Waals surface area (Å²) in [4.78, 5) is 0. The van der Waals surface area contributed by atoms with E-state index in [2.05, 4.69) is 72.3 Å². The molecule has 0 radical (unpaired) electrons. The van der Waals surface area contributed by atoms with E-state index in [1.165, 1.54) is 51.4 Å². The molecule has 2 aliphatic heterocycles. The Bertz CT molecular complexity index is 445. The predicted molar refractivity (Wildman–Crippen MR) is 121 cm³/mol. The summed E-state index contributed by atoms with van der Waals surface area (Å²) in [6, 6.07) is 0. The van der Waals surface area contributed by atoms with Gasteiger partial charge in [-0.25, -0.2) is 10.0 Å². The zero-order valence-corrected chi connectivity index (χ0v) is 20.4. The van der Waals surface area contributed by atoms with Gasteiger partial charge in [0.25, 0.3) is 0 Å². The van der Waals surface area contributed by atoms with Crippen LogP contribution in [0.2, 0.25) is 0 Å². The van der Waals surface area contributed by atoms with E-state index in [9.17, 15) is 0 Å². The predicted octanol–water partition coefficient (Wildman–Crippen LogP) is 5.47. The average molecular weight is 395 g/mol. The molecule has 2 aliphatic rings. The largest absolute Gasteiger partial charge is 0.268 e. The Morgan fingerprint density at radius 1 is 0.679 bits per heavy atom. The molecule has 0 atom stereocenters. The summed E-state index contributed by atoms with van der Waals surface area (Å²) >= 11 is 0. The fourth-order valence-electron chi connectivity index (χ4n) is 6.83. The quantitative estimate of drug-likeness (QED) is 0.463. The van der Waals surface area contributed by atoms with Gasteiger partial charge in [0.1, 0.15) is 0 Å². The monoisotopic (exact) mass is 394 g/mol. The van der Waals surface area contributed by atoms with Gasteiger partial charge in [-0.3, -0.25) is 11.7 Å². The smallest absolute Gasteiger partial charge is 0.0304 e. The number of hydrogen-bond donors (Lipinski definition) is 2. The van der Waals surface area contributed by atoms with E-state index in [1.54, 1.807) is 0 Å². The SMILES string of the molecule is CCCCCC(C1CC(C)(C)N(N)C(C)(C)C1)C1CC(C)(C)N(N)C(C)(C)C1. The van der Waals surface area contributed by atoms with Crippen LogP contribution in [0.25, 0.3) is 0 Å². The van der Waals surface area contributed by atoms with Crippen LogP contribution in [0.1, 0.15) is 114 Å². The summed E-state index contributed by atoms with van der Waals surface area (Å²) in [6.07, 6.45) is 10.2. The fourth-order valence-corrected chi connectivity index (χ4v) is 6.83. The number of hydrazine groups is 2. The topological polar surface area (TPSA) is 58.5 Å². The Morgan fingerprint density at radius 2 is 1.00 bits per heavy atom. The molecule has 0 saturated carbocycles. The summed E-state index contributed by atoms with van der Waals surface area (Å²) < 4.78 is 0. The van der Waals surface area contributed by atoms with Crippen molar-refractivity contribution in [3.8, 4) is 0 Å². The van der Waals surface area contributed by atoms with Crippen LogP contribution < -0.4 is 11.7 Å². The second-order valence-electron chi connectivity index (χ2n) is 12.5. The van der Waals surface area contributed by atoms with E-state index < -0.39 is 0 Å². The Hall–Kier alpha value is -0.160. The van der Waals surface area contributed by atoms with Crippen LogP contribution >= 0.6 is 0 Å². The molecule has 2 saturated heterocycles. The van der Waals surface area contributed by atoms with Crippen molar-refractivity contribution in [3.63, 3.8) is 0 Å². The number of nitrogens with zero attached hydrogens (tertiary/aromatic N) is 2. The van der Waals surface area contributed by atoms with Crippen LogP contribution in [-0.4, -0.2) is 32.2 Å². The highest BCUT2D eigenvalue weighted by Gasteiger charge is 2.51. The first-order chi connectivity index (χ1) is 12.6. The van der Waals surface area contributed by atoms with E-state index in [1.807, 2.05) is 0 Å². The number of nitrogens with two attached hydrogens (primary N) is 2. The normalized spacial score (nSPS) is 28.7. The van der Waals surface area contributed by atoms with Gasteiger partial charge in [0.2, 0.25) is 0 Å². The molecule has 0 unspecified atom stereocenters. The summed E-state index contributed by atoms with van der Waals surface area (Å²) in [5.41, 5.74) is 0.202. The van der Waals surface area contributed by atoms with Crippen molar-refractivity contribution in [1.82, 2.24) is 10.0 Å². The van der Waals surface area contributed by atoms with Crippen LogP contribution in [0, 0.1) is 17.8 Å².